The number of carbonyl (C=O) groups excluding carboxylic acids is 1. The first-order valence-electron chi connectivity index (χ1n) is 12.2. The van der Waals surface area contributed by atoms with Crippen LogP contribution in [0.2, 0.25) is 0 Å². The first-order valence-corrected chi connectivity index (χ1v) is 12.2. The minimum absolute atomic E-state index is 0.0631. The van der Waals surface area contributed by atoms with Crippen molar-refractivity contribution in [3.05, 3.63) is 89.1 Å². The van der Waals surface area contributed by atoms with Crippen molar-refractivity contribution in [3.63, 3.8) is 0 Å². The van der Waals surface area contributed by atoms with Crippen molar-refractivity contribution in [2.75, 3.05) is 19.7 Å². The third-order valence-electron chi connectivity index (χ3n) is 8.20. The number of carbonyl (C=O) groups is 1. The largest absolute Gasteiger partial charge is 0.508 e. The van der Waals surface area contributed by atoms with E-state index in [9.17, 15) is 9.90 Å². The molecule has 33 heavy (non-hydrogen) atoms. The van der Waals surface area contributed by atoms with Crippen molar-refractivity contribution in [2.24, 2.45) is 11.8 Å². The summed E-state index contributed by atoms with van der Waals surface area (Å²) < 4.78 is 5.98. The Bertz CT molecular complexity index is 1100. The third-order valence-corrected chi connectivity index (χ3v) is 8.20. The van der Waals surface area contributed by atoms with E-state index in [1.807, 2.05) is 12.1 Å². The van der Waals surface area contributed by atoms with E-state index < -0.39 is 0 Å². The van der Waals surface area contributed by atoms with Crippen LogP contribution >= 0.6 is 0 Å². The number of nitrogens with zero attached hydrogens (tertiary/aromatic N) is 1. The highest BCUT2D eigenvalue weighted by Crippen LogP contribution is 2.50. The van der Waals surface area contributed by atoms with Crippen molar-refractivity contribution in [3.8, 4) is 5.75 Å². The maximum absolute atomic E-state index is 11.1. The number of likely N-dealkylation sites (tertiary alicyclic amines) is 1. The summed E-state index contributed by atoms with van der Waals surface area (Å²) in [5.74, 6) is 1.74. The zero-order chi connectivity index (χ0) is 22.4. The lowest BCUT2D eigenvalue weighted by atomic mass is 9.65. The van der Waals surface area contributed by atoms with Crippen LogP contribution in [0.25, 0.3) is 0 Å². The molecule has 2 aromatic rings. The van der Waals surface area contributed by atoms with Crippen LogP contribution in [0.3, 0.4) is 0 Å². The first-order chi connectivity index (χ1) is 16.1. The summed E-state index contributed by atoms with van der Waals surface area (Å²) in [6.07, 6.45) is 12.1. The predicted octanol–water partition coefficient (Wildman–Crippen LogP) is 4.96. The number of aldehydes is 1. The van der Waals surface area contributed by atoms with Crippen LogP contribution in [0, 0.1) is 11.8 Å². The average molecular weight is 442 g/mol. The molecule has 0 amide bonds. The van der Waals surface area contributed by atoms with E-state index in [1.54, 1.807) is 0 Å². The molecule has 6 rings (SSSR count). The number of aromatic hydroxyl groups is 1. The minimum atomic E-state index is -0.111. The van der Waals surface area contributed by atoms with E-state index in [-0.39, 0.29) is 11.5 Å². The fourth-order valence-electron chi connectivity index (χ4n) is 6.59. The van der Waals surface area contributed by atoms with E-state index in [0.29, 0.717) is 30.1 Å². The number of fused-ring (bicyclic) bond motifs is 1. The van der Waals surface area contributed by atoms with Gasteiger partial charge in [0.15, 0.2) is 0 Å². The summed E-state index contributed by atoms with van der Waals surface area (Å²) in [4.78, 5) is 13.5. The number of ether oxygens (including phenoxy) is 1. The molecule has 4 aliphatic rings. The predicted molar refractivity (Wildman–Crippen MR) is 128 cm³/mol. The molecular formula is C29H31NO3. The molecule has 0 bridgehead atoms. The lowest BCUT2D eigenvalue weighted by molar-refractivity contribution is -0.111. The second-order valence-electron chi connectivity index (χ2n) is 10.3. The smallest absolute Gasteiger partial charge is 0.125 e. The average Bonchev–Trinajstić information content (AvgIpc) is 3.28. The standard InChI is InChI=1S/C29H31NO3/c31-16-20-15-29(33-17-20)18-30(19-29)24-9-6-22(7-10-24)28-26(21-4-2-1-3-5-21)12-8-23-14-25(32)11-13-27(23)28/h1-6,9-11,13-14,16,20,22,26,28,32H,7-8,12,15,17-19H2/t20-,22?,26+,28-/m0/s1. The van der Waals surface area contributed by atoms with Crippen LogP contribution in [0.1, 0.15) is 47.8 Å². The van der Waals surface area contributed by atoms with Gasteiger partial charge in [-0.3, -0.25) is 0 Å². The number of aryl methyl sites for hydroxylation is 1. The quantitative estimate of drug-likeness (QED) is 0.682. The van der Waals surface area contributed by atoms with Gasteiger partial charge in [-0.05, 0) is 78.3 Å². The van der Waals surface area contributed by atoms with Crippen LogP contribution < -0.4 is 0 Å². The fourth-order valence-corrected chi connectivity index (χ4v) is 6.59. The Morgan fingerprint density at radius 3 is 2.70 bits per heavy atom. The van der Waals surface area contributed by atoms with E-state index in [2.05, 4.69) is 59.5 Å². The lowest BCUT2D eigenvalue weighted by Crippen LogP contribution is -2.60. The van der Waals surface area contributed by atoms with Gasteiger partial charge in [0, 0.05) is 24.7 Å². The molecule has 4 nitrogen and oxygen atoms in total. The molecule has 2 fully saturated rings. The lowest BCUT2D eigenvalue weighted by Gasteiger charge is -2.49. The SMILES string of the molecule is O=C[C@H]1COC2(C1)CN(C1=CCC([C@@H]3c4ccc(O)cc4CC[C@@H]3c3ccccc3)C=C1)C2. The second kappa shape index (κ2) is 8.18. The monoisotopic (exact) mass is 441 g/mol. The first kappa shape index (κ1) is 20.7. The van der Waals surface area contributed by atoms with Gasteiger partial charge in [0.05, 0.1) is 6.61 Å². The van der Waals surface area contributed by atoms with Gasteiger partial charge < -0.3 is 19.5 Å². The van der Waals surface area contributed by atoms with Gasteiger partial charge in [-0.15, -0.1) is 0 Å². The molecule has 2 aliphatic carbocycles. The molecule has 1 N–H and O–H groups in total. The van der Waals surface area contributed by atoms with Crippen LogP contribution in [0.4, 0.5) is 0 Å². The normalized spacial score (nSPS) is 29.9. The van der Waals surface area contributed by atoms with Crippen molar-refractivity contribution >= 4 is 6.29 Å². The zero-order valence-electron chi connectivity index (χ0n) is 18.9. The number of phenols is 1. The van der Waals surface area contributed by atoms with E-state index in [4.69, 9.17) is 4.74 Å². The number of allylic oxidation sites excluding steroid dienone is 3. The summed E-state index contributed by atoms with van der Waals surface area (Å²) in [5.41, 5.74) is 5.27. The fraction of sp³-hybridized carbons (Fsp3) is 0.414. The van der Waals surface area contributed by atoms with Crippen LogP contribution in [-0.4, -0.2) is 41.6 Å². The molecule has 4 heteroatoms. The van der Waals surface area contributed by atoms with Gasteiger partial charge in [0.1, 0.15) is 17.6 Å². The molecule has 0 radical (unpaired) electrons. The molecule has 2 aliphatic heterocycles. The number of rotatable bonds is 4. The Hall–Kier alpha value is -2.85. The maximum Gasteiger partial charge on any atom is 0.125 e. The highest BCUT2D eigenvalue weighted by Gasteiger charge is 2.50. The van der Waals surface area contributed by atoms with E-state index in [1.165, 1.54) is 22.4 Å². The van der Waals surface area contributed by atoms with Crippen LogP contribution in [0.15, 0.2) is 72.5 Å². The maximum atomic E-state index is 11.1. The summed E-state index contributed by atoms with van der Waals surface area (Å²) in [6, 6.07) is 16.9. The summed E-state index contributed by atoms with van der Waals surface area (Å²) in [6.45, 7) is 2.35. The van der Waals surface area contributed by atoms with Crippen molar-refractivity contribution in [1.29, 1.82) is 0 Å². The Kier molecular flexibility index (Phi) is 5.14. The van der Waals surface area contributed by atoms with Gasteiger partial charge in [0.25, 0.3) is 0 Å². The highest BCUT2D eigenvalue weighted by molar-refractivity contribution is 5.54. The number of benzene rings is 2. The Labute approximate surface area is 195 Å². The number of hydrogen-bond donors (Lipinski definition) is 1. The molecule has 1 spiro atoms. The minimum Gasteiger partial charge on any atom is -0.508 e. The molecular weight excluding hydrogens is 410 g/mol. The van der Waals surface area contributed by atoms with Gasteiger partial charge in [-0.2, -0.15) is 0 Å². The van der Waals surface area contributed by atoms with Crippen LogP contribution in [0.5, 0.6) is 5.75 Å². The van der Waals surface area contributed by atoms with Crippen LogP contribution in [-0.2, 0) is 16.0 Å². The summed E-state index contributed by atoms with van der Waals surface area (Å²) >= 11 is 0. The molecule has 4 atom stereocenters. The zero-order valence-corrected chi connectivity index (χ0v) is 18.9. The molecule has 0 aromatic heterocycles. The second-order valence-corrected chi connectivity index (χ2v) is 10.3. The van der Waals surface area contributed by atoms with Crippen molar-refractivity contribution in [1.82, 2.24) is 4.90 Å². The van der Waals surface area contributed by atoms with E-state index >= 15 is 0 Å². The van der Waals surface area contributed by atoms with Gasteiger partial charge in [-0.1, -0.05) is 48.6 Å². The number of phenolic OH excluding ortho intramolecular Hbond substituents is 1. The van der Waals surface area contributed by atoms with Gasteiger partial charge >= 0.3 is 0 Å². The molecule has 2 aromatic carbocycles. The molecule has 1 unspecified atom stereocenters. The van der Waals surface area contributed by atoms with Crippen molar-refractivity contribution < 1.29 is 14.6 Å². The molecule has 0 saturated carbocycles. The summed E-state index contributed by atoms with van der Waals surface area (Å²) in [7, 11) is 0. The summed E-state index contributed by atoms with van der Waals surface area (Å²) in [5, 5.41) is 10.1. The highest BCUT2D eigenvalue weighted by atomic mass is 16.5. The van der Waals surface area contributed by atoms with E-state index in [0.717, 1.165) is 45.1 Å². The Morgan fingerprint density at radius 1 is 1.12 bits per heavy atom. The Balaban J connectivity index is 1.22. The number of hydrogen-bond acceptors (Lipinski definition) is 4. The van der Waals surface area contributed by atoms with Gasteiger partial charge in [-0.25, -0.2) is 0 Å². The Morgan fingerprint density at radius 2 is 1.97 bits per heavy atom. The molecule has 2 saturated heterocycles. The molecule has 2 heterocycles. The molecule has 170 valence electrons. The third kappa shape index (κ3) is 3.71. The van der Waals surface area contributed by atoms with Crippen molar-refractivity contribution in [2.45, 2.75) is 43.1 Å². The topological polar surface area (TPSA) is 49.8 Å². The van der Waals surface area contributed by atoms with Gasteiger partial charge in [0.2, 0.25) is 0 Å².